The van der Waals surface area contributed by atoms with Crippen LogP contribution >= 0.6 is 11.8 Å². The molecule has 0 saturated carbocycles. The molecule has 1 aliphatic rings. The first-order chi connectivity index (χ1) is 8.72. The molecule has 0 radical (unpaired) electrons. The second-order valence-electron chi connectivity index (χ2n) is 4.11. The first-order valence-corrected chi connectivity index (χ1v) is 7.28. The summed E-state index contributed by atoms with van der Waals surface area (Å²) in [6, 6.07) is 5.43. The van der Waals surface area contributed by atoms with Crippen molar-refractivity contribution in [3.63, 3.8) is 0 Å². The third-order valence-electron chi connectivity index (χ3n) is 2.80. The van der Waals surface area contributed by atoms with Gasteiger partial charge in [-0.2, -0.15) is 11.8 Å². The number of nitrogens with zero attached hydrogens (tertiary/aromatic N) is 1. The molecule has 98 valence electrons. The maximum Gasteiger partial charge on any atom is 0.265 e. The zero-order chi connectivity index (χ0) is 13.0. The lowest BCUT2D eigenvalue weighted by Crippen LogP contribution is -2.39. The predicted molar refractivity (Wildman–Crippen MR) is 76.3 cm³/mol. The molecule has 1 aromatic rings. The topological polar surface area (TPSA) is 55.6 Å². The van der Waals surface area contributed by atoms with Gasteiger partial charge < -0.3 is 15.4 Å². The number of ether oxygens (including phenoxy) is 1. The fourth-order valence-corrected chi connectivity index (χ4v) is 2.56. The summed E-state index contributed by atoms with van der Waals surface area (Å²) in [7, 11) is 0. The van der Waals surface area contributed by atoms with E-state index < -0.39 is 0 Å². The van der Waals surface area contributed by atoms with Gasteiger partial charge in [-0.05, 0) is 30.1 Å². The van der Waals surface area contributed by atoms with Gasteiger partial charge >= 0.3 is 0 Å². The van der Waals surface area contributed by atoms with Crippen molar-refractivity contribution < 1.29 is 9.53 Å². The van der Waals surface area contributed by atoms with Gasteiger partial charge in [0.1, 0.15) is 5.75 Å². The summed E-state index contributed by atoms with van der Waals surface area (Å²) in [5, 5.41) is 0. The number of rotatable bonds is 5. The number of hydrogen-bond donors (Lipinski definition) is 1. The van der Waals surface area contributed by atoms with Gasteiger partial charge in [-0.15, -0.1) is 0 Å². The van der Waals surface area contributed by atoms with E-state index in [1.165, 1.54) is 0 Å². The first-order valence-electron chi connectivity index (χ1n) is 6.13. The van der Waals surface area contributed by atoms with Crippen molar-refractivity contribution in [1.29, 1.82) is 0 Å². The zero-order valence-electron chi connectivity index (χ0n) is 10.5. The third-order valence-corrected chi connectivity index (χ3v) is 3.79. The number of thioether (sulfide) groups is 1. The van der Waals surface area contributed by atoms with E-state index in [0.29, 0.717) is 11.4 Å². The molecule has 0 aliphatic carbocycles. The van der Waals surface area contributed by atoms with Crippen LogP contribution in [-0.2, 0) is 4.79 Å². The molecule has 0 aromatic heterocycles. The Kier molecular flexibility index (Phi) is 4.36. The highest BCUT2D eigenvalue weighted by molar-refractivity contribution is 7.99. The van der Waals surface area contributed by atoms with Crippen LogP contribution in [0, 0.1) is 0 Å². The van der Waals surface area contributed by atoms with E-state index in [9.17, 15) is 4.79 Å². The Balaban J connectivity index is 2.08. The van der Waals surface area contributed by atoms with Gasteiger partial charge in [0.2, 0.25) is 0 Å². The molecule has 0 spiro atoms. The Labute approximate surface area is 111 Å². The monoisotopic (exact) mass is 266 g/mol. The van der Waals surface area contributed by atoms with Gasteiger partial charge in [-0.25, -0.2) is 0 Å². The predicted octanol–water partition coefficient (Wildman–Crippen LogP) is 2.14. The molecule has 1 amide bonds. The van der Waals surface area contributed by atoms with Crippen molar-refractivity contribution in [1.82, 2.24) is 0 Å². The Morgan fingerprint density at radius 2 is 2.33 bits per heavy atom. The maximum absolute atomic E-state index is 11.9. The average molecular weight is 266 g/mol. The number of amides is 1. The van der Waals surface area contributed by atoms with E-state index in [1.807, 2.05) is 17.8 Å². The second-order valence-corrected chi connectivity index (χ2v) is 5.51. The summed E-state index contributed by atoms with van der Waals surface area (Å²) < 4.78 is 5.40. The molecule has 0 atom stereocenters. The fourth-order valence-electron chi connectivity index (χ4n) is 1.94. The minimum atomic E-state index is 0.0220. The van der Waals surface area contributed by atoms with Crippen LogP contribution in [0.5, 0.6) is 5.75 Å². The molecule has 1 aromatic carbocycles. The van der Waals surface area contributed by atoms with Crippen LogP contribution in [0.3, 0.4) is 0 Å². The number of hydrogen-bond acceptors (Lipinski definition) is 4. The molecule has 2 N–H and O–H groups in total. The van der Waals surface area contributed by atoms with Crippen LogP contribution in [0.2, 0.25) is 0 Å². The summed E-state index contributed by atoms with van der Waals surface area (Å²) in [6.07, 6.45) is 0.994. The maximum atomic E-state index is 11.9. The van der Waals surface area contributed by atoms with Crippen molar-refractivity contribution in [2.75, 3.05) is 35.3 Å². The van der Waals surface area contributed by atoms with E-state index in [4.69, 9.17) is 10.5 Å². The van der Waals surface area contributed by atoms with Gasteiger partial charge in [-0.1, -0.05) is 6.92 Å². The molecule has 0 unspecified atom stereocenters. The van der Waals surface area contributed by atoms with Gasteiger partial charge in [0.25, 0.3) is 5.91 Å². The molecular formula is C13H18N2O2S. The van der Waals surface area contributed by atoms with E-state index in [2.05, 4.69) is 6.92 Å². The Hall–Kier alpha value is -1.36. The minimum absolute atomic E-state index is 0.0220. The number of nitrogens with two attached hydrogens (primary N) is 1. The Morgan fingerprint density at radius 1 is 1.50 bits per heavy atom. The summed E-state index contributed by atoms with van der Waals surface area (Å²) in [4.78, 5) is 13.7. The van der Waals surface area contributed by atoms with E-state index in [-0.39, 0.29) is 12.5 Å². The molecule has 0 saturated heterocycles. The van der Waals surface area contributed by atoms with Crippen LogP contribution in [0.15, 0.2) is 18.2 Å². The fraction of sp³-hybridized carbons (Fsp3) is 0.462. The van der Waals surface area contributed by atoms with Gasteiger partial charge in [0, 0.05) is 18.3 Å². The van der Waals surface area contributed by atoms with Gasteiger partial charge in [0.15, 0.2) is 6.61 Å². The molecule has 4 nitrogen and oxygen atoms in total. The lowest BCUT2D eigenvalue weighted by atomic mass is 10.2. The van der Waals surface area contributed by atoms with Crippen LogP contribution in [0.4, 0.5) is 11.4 Å². The normalized spacial score (nSPS) is 14.3. The van der Waals surface area contributed by atoms with Crippen molar-refractivity contribution in [2.45, 2.75) is 13.3 Å². The first kappa shape index (κ1) is 13.1. The highest BCUT2D eigenvalue weighted by Crippen LogP contribution is 2.33. The standard InChI is InChI=1S/C13H18N2O2S/c1-2-18-7-3-6-15-11-5-4-10(14)8-12(11)17-9-13(15)16/h4-5,8H,2-3,6-7,9,14H2,1H3. The molecule has 0 fully saturated rings. The Morgan fingerprint density at radius 3 is 3.11 bits per heavy atom. The number of nitrogen functional groups attached to an aromatic ring is 1. The average Bonchev–Trinajstić information content (AvgIpc) is 2.37. The second kappa shape index (κ2) is 6.00. The highest BCUT2D eigenvalue weighted by Gasteiger charge is 2.24. The SMILES string of the molecule is CCSCCCN1C(=O)COc2cc(N)ccc21. The van der Waals surface area contributed by atoms with E-state index >= 15 is 0 Å². The summed E-state index contributed by atoms with van der Waals surface area (Å²) in [6.45, 7) is 2.99. The molecular weight excluding hydrogens is 248 g/mol. The smallest absolute Gasteiger partial charge is 0.265 e. The van der Waals surface area contributed by atoms with Gasteiger partial charge in [0.05, 0.1) is 5.69 Å². The Bertz CT molecular complexity index is 437. The van der Waals surface area contributed by atoms with Crippen LogP contribution in [0.1, 0.15) is 13.3 Å². The van der Waals surface area contributed by atoms with E-state index in [0.717, 1.165) is 30.2 Å². The molecule has 2 rings (SSSR count). The summed E-state index contributed by atoms with van der Waals surface area (Å²) in [5.74, 6) is 2.92. The highest BCUT2D eigenvalue weighted by atomic mass is 32.2. The lowest BCUT2D eigenvalue weighted by molar-refractivity contribution is -0.121. The van der Waals surface area contributed by atoms with Crippen LogP contribution in [0.25, 0.3) is 0 Å². The lowest BCUT2D eigenvalue weighted by Gasteiger charge is -2.29. The molecule has 5 heteroatoms. The molecule has 0 bridgehead atoms. The van der Waals surface area contributed by atoms with Crippen molar-refractivity contribution >= 4 is 29.0 Å². The zero-order valence-corrected chi connectivity index (χ0v) is 11.3. The van der Waals surface area contributed by atoms with Crippen molar-refractivity contribution in [2.24, 2.45) is 0 Å². The number of anilines is 2. The summed E-state index contributed by atoms with van der Waals surface area (Å²) >= 11 is 1.89. The number of carbonyl (C=O) groups is 1. The largest absolute Gasteiger partial charge is 0.481 e. The number of carbonyl (C=O) groups excluding carboxylic acids is 1. The van der Waals surface area contributed by atoms with Crippen molar-refractivity contribution in [3.8, 4) is 5.75 Å². The van der Waals surface area contributed by atoms with E-state index in [1.54, 1.807) is 17.0 Å². The van der Waals surface area contributed by atoms with Gasteiger partial charge in [-0.3, -0.25) is 4.79 Å². The van der Waals surface area contributed by atoms with Crippen LogP contribution < -0.4 is 15.4 Å². The molecule has 18 heavy (non-hydrogen) atoms. The molecule has 1 aliphatic heterocycles. The molecule has 1 heterocycles. The third kappa shape index (κ3) is 2.90. The minimum Gasteiger partial charge on any atom is -0.481 e. The van der Waals surface area contributed by atoms with Crippen LogP contribution in [-0.4, -0.2) is 30.6 Å². The van der Waals surface area contributed by atoms with Crippen molar-refractivity contribution in [3.05, 3.63) is 18.2 Å². The quantitative estimate of drug-likeness (QED) is 0.655. The number of benzene rings is 1. The summed E-state index contributed by atoms with van der Waals surface area (Å²) in [5.41, 5.74) is 7.21. The number of fused-ring (bicyclic) bond motifs is 1.